The molecule has 0 aliphatic rings. The number of carbonyl (C=O) groups is 1. The Balaban J connectivity index is 2.51. The van der Waals surface area contributed by atoms with E-state index >= 15 is 0 Å². The maximum absolute atomic E-state index is 12.0. The Bertz CT molecular complexity index is 560. The largest absolute Gasteiger partial charge is 0.352 e. The minimum absolute atomic E-state index is 0.103. The number of fused-ring (bicyclic) bond motifs is 1. The molecule has 1 N–H and O–H groups in total. The quantitative estimate of drug-likeness (QED) is 0.880. The zero-order valence-corrected chi connectivity index (χ0v) is 10.2. The van der Waals surface area contributed by atoms with Gasteiger partial charge in [0.15, 0.2) is 0 Å². The topological polar surface area (TPSA) is 68.0 Å². The lowest BCUT2D eigenvalue weighted by atomic mass is 10.1. The Labute approximate surface area is 99.2 Å². The summed E-state index contributed by atoms with van der Waals surface area (Å²) in [5.74, 6) is -0.103. The van der Waals surface area contributed by atoms with Gasteiger partial charge in [0.1, 0.15) is 0 Å². The van der Waals surface area contributed by atoms with Crippen LogP contribution in [0.3, 0.4) is 0 Å². The molecule has 0 fully saturated rings. The van der Waals surface area contributed by atoms with Crippen LogP contribution in [0.5, 0.6) is 0 Å². The standard InChI is InChI=1S/C12H15N3O2/c1-4-5-13-11(16)9-6-7(2)14-12-10(9)8(3)15-17-12/h6H,4-5H2,1-3H3,(H,13,16). The summed E-state index contributed by atoms with van der Waals surface area (Å²) >= 11 is 0. The van der Waals surface area contributed by atoms with Gasteiger partial charge in [-0.1, -0.05) is 12.1 Å². The van der Waals surface area contributed by atoms with Crippen LogP contribution < -0.4 is 5.32 Å². The zero-order chi connectivity index (χ0) is 12.4. The van der Waals surface area contributed by atoms with Crippen molar-refractivity contribution in [2.24, 2.45) is 0 Å². The lowest BCUT2D eigenvalue weighted by Gasteiger charge is -2.05. The van der Waals surface area contributed by atoms with Crippen molar-refractivity contribution < 1.29 is 9.32 Å². The molecule has 2 aromatic heterocycles. The van der Waals surface area contributed by atoms with Gasteiger partial charge >= 0.3 is 0 Å². The molecular formula is C12H15N3O2. The van der Waals surface area contributed by atoms with Gasteiger partial charge in [0.05, 0.1) is 16.6 Å². The Morgan fingerprint density at radius 3 is 2.94 bits per heavy atom. The van der Waals surface area contributed by atoms with E-state index in [0.29, 0.717) is 28.9 Å². The van der Waals surface area contributed by atoms with Crippen LogP contribution in [0.1, 0.15) is 35.1 Å². The molecule has 17 heavy (non-hydrogen) atoms. The van der Waals surface area contributed by atoms with Crippen LogP contribution in [0.15, 0.2) is 10.6 Å². The van der Waals surface area contributed by atoms with E-state index in [4.69, 9.17) is 4.52 Å². The maximum atomic E-state index is 12.0. The average Bonchev–Trinajstić information content (AvgIpc) is 2.66. The van der Waals surface area contributed by atoms with Gasteiger partial charge in [-0.25, -0.2) is 4.98 Å². The van der Waals surface area contributed by atoms with Crippen molar-refractivity contribution in [3.05, 3.63) is 23.0 Å². The van der Waals surface area contributed by atoms with Gasteiger partial charge in [-0.2, -0.15) is 0 Å². The number of nitrogens with zero attached hydrogens (tertiary/aromatic N) is 2. The van der Waals surface area contributed by atoms with E-state index in [1.54, 1.807) is 13.0 Å². The molecule has 0 atom stereocenters. The van der Waals surface area contributed by atoms with Crippen LogP contribution >= 0.6 is 0 Å². The summed E-state index contributed by atoms with van der Waals surface area (Å²) in [6, 6.07) is 1.76. The molecule has 5 nitrogen and oxygen atoms in total. The van der Waals surface area contributed by atoms with E-state index in [1.165, 1.54) is 0 Å². The van der Waals surface area contributed by atoms with Crippen LogP contribution in [0, 0.1) is 13.8 Å². The first-order chi connectivity index (χ1) is 8.13. The van der Waals surface area contributed by atoms with Gasteiger partial charge in [0, 0.05) is 12.2 Å². The molecule has 0 unspecified atom stereocenters. The van der Waals surface area contributed by atoms with Gasteiger partial charge in [0.25, 0.3) is 11.6 Å². The Hall–Kier alpha value is -1.91. The van der Waals surface area contributed by atoms with Crippen molar-refractivity contribution in [2.45, 2.75) is 27.2 Å². The van der Waals surface area contributed by atoms with Gasteiger partial charge < -0.3 is 9.84 Å². The second-order valence-corrected chi connectivity index (χ2v) is 4.02. The van der Waals surface area contributed by atoms with Crippen LogP contribution in [0.4, 0.5) is 0 Å². The van der Waals surface area contributed by atoms with E-state index in [-0.39, 0.29) is 5.91 Å². The smallest absolute Gasteiger partial charge is 0.258 e. The van der Waals surface area contributed by atoms with E-state index in [2.05, 4.69) is 15.5 Å². The molecule has 0 saturated carbocycles. The second-order valence-electron chi connectivity index (χ2n) is 4.02. The molecule has 2 aromatic rings. The molecule has 90 valence electrons. The third-order valence-electron chi connectivity index (χ3n) is 2.53. The van der Waals surface area contributed by atoms with Crippen molar-refractivity contribution >= 4 is 17.0 Å². The molecular weight excluding hydrogens is 218 g/mol. The summed E-state index contributed by atoms with van der Waals surface area (Å²) in [7, 11) is 0. The molecule has 0 spiro atoms. The van der Waals surface area contributed by atoms with Crippen molar-refractivity contribution in [3.8, 4) is 0 Å². The minimum atomic E-state index is -0.103. The molecule has 0 aromatic carbocycles. The summed E-state index contributed by atoms with van der Waals surface area (Å²) in [4.78, 5) is 16.2. The van der Waals surface area contributed by atoms with E-state index in [9.17, 15) is 4.79 Å². The Morgan fingerprint density at radius 2 is 2.24 bits per heavy atom. The highest BCUT2D eigenvalue weighted by atomic mass is 16.5. The van der Waals surface area contributed by atoms with Crippen LogP contribution in [-0.2, 0) is 0 Å². The number of pyridine rings is 1. The summed E-state index contributed by atoms with van der Waals surface area (Å²) in [6.45, 7) is 6.30. The molecule has 2 rings (SSSR count). The number of aromatic nitrogens is 2. The number of nitrogens with one attached hydrogen (secondary N) is 1. The molecule has 1 amide bonds. The number of carbonyl (C=O) groups excluding carboxylic acids is 1. The normalized spacial score (nSPS) is 10.8. The first kappa shape index (κ1) is 11.6. The lowest BCUT2D eigenvalue weighted by molar-refractivity contribution is 0.0955. The van der Waals surface area contributed by atoms with Gasteiger partial charge in [-0.05, 0) is 26.3 Å². The third kappa shape index (κ3) is 2.13. The predicted molar refractivity (Wildman–Crippen MR) is 63.9 cm³/mol. The number of aryl methyl sites for hydroxylation is 2. The highest BCUT2D eigenvalue weighted by Crippen LogP contribution is 2.21. The summed E-state index contributed by atoms with van der Waals surface area (Å²) in [5.41, 5.74) is 2.44. The number of amides is 1. The first-order valence-electron chi connectivity index (χ1n) is 5.65. The van der Waals surface area contributed by atoms with Crippen LogP contribution in [-0.4, -0.2) is 22.6 Å². The van der Waals surface area contributed by atoms with Crippen molar-refractivity contribution in [1.29, 1.82) is 0 Å². The molecule has 2 heterocycles. The third-order valence-corrected chi connectivity index (χ3v) is 2.53. The monoisotopic (exact) mass is 233 g/mol. The van der Waals surface area contributed by atoms with Crippen molar-refractivity contribution in [2.75, 3.05) is 6.54 Å². The Kier molecular flexibility index (Phi) is 3.08. The Morgan fingerprint density at radius 1 is 1.47 bits per heavy atom. The van der Waals surface area contributed by atoms with E-state index in [1.807, 2.05) is 13.8 Å². The predicted octanol–water partition coefficient (Wildman–Crippen LogP) is 1.98. The lowest BCUT2D eigenvalue weighted by Crippen LogP contribution is -2.24. The maximum Gasteiger partial charge on any atom is 0.258 e. The summed E-state index contributed by atoms with van der Waals surface area (Å²) in [6.07, 6.45) is 0.904. The summed E-state index contributed by atoms with van der Waals surface area (Å²) < 4.78 is 5.08. The molecule has 0 aliphatic heterocycles. The molecule has 0 aliphatic carbocycles. The van der Waals surface area contributed by atoms with Crippen LogP contribution in [0.25, 0.3) is 11.1 Å². The fourth-order valence-electron chi connectivity index (χ4n) is 1.73. The van der Waals surface area contributed by atoms with Gasteiger partial charge in [0.2, 0.25) is 0 Å². The number of hydrogen-bond donors (Lipinski definition) is 1. The highest BCUT2D eigenvalue weighted by Gasteiger charge is 2.17. The van der Waals surface area contributed by atoms with E-state index in [0.717, 1.165) is 12.1 Å². The fraction of sp³-hybridized carbons (Fsp3) is 0.417. The average molecular weight is 233 g/mol. The van der Waals surface area contributed by atoms with Gasteiger partial charge in [-0.15, -0.1) is 0 Å². The summed E-state index contributed by atoms with van der Waals surface area (Å²) in [5, 5.41) is 7.39. The minimum Gasteiger partial charge on any atom is -0.352 e. The molecule has 5 heteroatoms. The van der Waals surface area contributed by atoms with Crippen molar-refractivity contribution in [1.82, 2.24) is 15.5 Å². The molecule has 0 saturated heterocycles. The van der Waals surface area contributed by atoms with Crippen molar-refractivity contribution in [3.63, 3.8) is 0 Å². The highest BCUT2D eigenvalue weighted by molar-refractivity contribution is 6.05. The molecule has 0 bridgehead atoms. The SMILES string of the molecule is CCCNC(=O)c1cc(C)nc2onc(C)c12. The number of hydrogen-bond acceptors (Lipinski definition) is 4. The zero-order valence-electron chi connectivity index (χ0n) is 10.2. The number of rotatable bonds is 3. The molecule has 0 radical (unpaired) electrons. The van der Waals surface area contributed by atoms with Crippen LogP contribution in [0.2, 0.25) is 0 Å². The first-order valence-corrected chi connectivity index (χ1v) is 5.65. The van der Waals surface area contributed by atoms with Gasteiger partial charge in [-0.3, -0.25) is 4.79 Å². The van der Waals surface area contributed by atoms with E-state index < -0.39 is 0 Å². The fourth-order valence-corrected chi connectivity index (χ4v) is 1.73. The second kappa shape index (κ2) is 4.53.